The van der Waals surface area contributed by atoms with E-state index in [1.54, 1.807) is 0 Å². The molecule has 3 rings (SSSR count). The molecule has 1 saturated heterocycles. The van der Waals surface area contributed by atoms with E-state index in [4.69, 9.17) is 9.78 Å². The van der Waals surface area contributed by atoms with E-state index < -0.39 is 0 Å². The molecule has 7 nitrogen and oxygen atoms in total. The van der Waals surface area contributed by atoms with E-state index >= 15 is 0 Å². The zero-order chi connectivity index (χ0) is 16.9. The third kappa shape index (κ3) is 4.11. The van der Waals surface area contributed by atoms with Crippen LogP contribution in [0.4, 0.5) is 0 Å². The Kier molecular flexibility index (Phi) is 5.44. The molecule has 128 valence electrons. The van der Waals surface area contributed by atoms with Gasteiger partial charge < -0.3 is 4.52 Å². The first-order chi connectivity index (χ1) is 11.7. The monoisotopic (exact) mass is 328 g/mol. The van der Waals surface area contributed by atoms with Crippen LogP contribution in [-0.2, 0) is 0 Å². The van der Waals surface area contributed by atoms with Gasteiger partial charge in [-0.3, -0.25) is 9.80 Å². The fraction of sp³-hybridized carbons (Fsp3) is 0.765. The number of rotatable bonds is 7. The Labute approximate surface area is 142 Å². The number of hydrogen-bond acceptors (Lipinski definition) is 7. The average molecular weight is 328 g/mol. The molecule has 0 amide bonds. The Bertz CT molecular complexity index is 618. The third-order valence-corrected chi connectivity index (χ3v) is 4.98. The average Bonchev–Trinajstić information content (AvgIpc) is 3.35. The maximum atomic E-state index is 9.20. The summed E-state index contributed by atoms with van der Waals surface area (Å²) in [4.78, 5) is 9.23. The summed E-state index contributed by atoms with van der Waals surface area (Å²) in [5.41, 5.74) is 0. The molecular formula is C17H24N6O. The first-order valence-corrected chi connectivity index (χ1v) is 8.77. The molecule has 0 spiro atoms. The van der Waals surface area contributed by atoms with Crippen molar-refractivity contribution in [3.8, 4) is 12.1 Å². The first kappa shape index (κ1) is 16.9. The predicted octanol–water partition coefficient (Wildman–Crippen LogP) is 2.07. The van der Waals surface area contributed by atoms with Crippen LogP contribution in [-0.4, -0.2) is 52.7 Å². The molecular weight excluding hydrogens is 304 g/mol. The van der Waals surface area contributed by atoms with Gasteiger partial charge in [0.2, 0.25) is 5.89 Å². The molecule has 2 atom stereocenters. The highest BCUT2D eigenvalue weighted by Gasteiger charge is 2.31. The Morgan fingerprint density at radius 1 is 1.25 bits per heavy atom. The van der Waals surface area contributed by atoms with E-state index in [1.807, 2.05) is 0 Å². The molecule has 1 aromatic heterocycles. The first-order valence-electron chi connectivity index (χ1n) is 8.77. The molecule has 1 aromatic rings. The van der Waals surface area contributed by atoms with Crippen molar-refractivity contribution in [2.75, 3.05) is 32.7 Å². The zero-order valence-corrected chi connectivity index (χ0v) is 14.2. The summed E-state index contributed by atoms with van der Waals surface area (Å²) >= 11 is 0. The van der Waals surface area contributed by atoms with Gasteiger partial charge in [0.15, 0.2) is 5.82 Å². The van der Waals surface area contributed by atoms with Gasteiger partial charge in [-0.25, -0.2) is 0 Å². The topological polar surface area (TPSA) is 93.0 Å². The molecule has 2 fully saturated rings. The van der Waals surface area contributed by atoms with E-state index in [0.29, 0.717) is 24.7 Å². The van der Waals surface area contributed by atoms with Crippen LogP contribution in [0.25, 0.3) is 0 Å². The molecule has 1 saturated carbocycles. The van der Waals surface area contributed by atoms with Gasteiger partial charge in [-0.2, -0.15) is 15.5 Å². The van der Waals surface area contributed by atoms with E-state index in [0.717, 1.165) is 38.5 Å². The summed E-state index contributed by atoms with van der Waals surface area (Å²) in [7, 11) is 0. The lowest BCUT2D eigenvalue weighted by Gasteiger charge is -2.37. The van der Waals surface area contributed by atoms with Gasteiger partial charge in [-0.05, 0) is 26.2 Å². The van der Waals surface area contributed by atoms with E-state index in [9.17, 15) is 5.26 Å². The van der Waals surface area contributed by atoms with Crippen molar-refractivity contribution in [3.63, 3.8) is 0 Å². The molecule has 24 heavy (non-hydrogen) atoms. The van der Waals surface area contributed by atoms with Crippen molar-refractivity contribution in [2.45, 2.75) is 44.6 Å². The minimum atomic E-state index is -0.0503. The largest absolute Gasteiger partial charge is 0.338 e. The fourth-order valence-corrected chi connectivity index (χ4v) is 3.16. The fourth-order valence-electron chi connectivity index (χ4n) is 3.16. The minimum Gasteiger partial charge on any atom is -0.338 e. The molecule has 0 bridgehead atoms. The Morgan fingerprint density at radius 2 is 2.00 bits per heavy atom. The maximum absolute atomic E-state index is 9.20. The standard InChI is InChI=1S/C17H24N6O/c1-13(17-20-16(21-24-17)15-4-5-15)23-9-7-22(8-10-23)12-14(11-19)3-2-6-18/h13-15H,2-5,7-10,12H2,1H3/t13-,14-/m1/s1. The number of aromatic nitrogens is 2. The van der Waals surface area contributed by atoms with Gasteiger partial charge in [0.25, 0.3) is 0 Å². The van der Waals surface area contributed by atoms with Gasteiger partial charge in [0, 0.05) is 45.1 Å². The SMILES string of the molecule is C[C@H](c1nc(C2CC2)no1)N1CCN(C[C@@H](C#N)CCC#N)CC1. The molecule has 0 radical (unpaired) electrons. The Balaban J connectivity index is 1.47. The van der Waals surface area contributed by atoms with Crippen molar-refractivity contribution >= 4 is 0 Å². The van der Waals surface area contributed by atoms with Crippen LogP contribution in [0.3, 0.4) is 0 Å². The molecule has 7 heteroatoms. The van der Waals surface area contributed by atoms with Gasteiger partial charge in [0.1, 0.15) is 0 Å². The van der Waals surface area contributed by atoms with E-state index in [1.165, 1.54) is 12.8 Å². The highest BCUT2D eigenvalue weighted by molar-refractivity contribution is 5.05. The van der Waals surface area contributed by atoms with Crippen molar-refractivity contribution in [1.29, 1.82) is 10.5 Å². The summed E-state index contributed by atoms with van der Waals surface area (Å²) in [6.45, 7) is 6.59. The summed E-state index contributed by atoms with van der Waals surface area (Å²) < 4.78 is 5.44. The molecule has 0 unspecified atom stereocenters. The van der Waals surface area contributed by atoms with Crippen LogP contribution in [0.15, 0.2) is 4.52 Å². The second-order valence-electron chi connectivity index (χ2n) is 6.80. The van der Waals surface area contributed by atoms with E-state index in [2.05, 4.69) is 39.0 Å². The van der Waals surface area contributed by atoms with Crippen LogP contribution in [0, 0.1) is 28.6 Å². The predicted molar refractivity (Wildman–Crippen MR) is 86.7 cm³/mol. The highest BCUT2D eigenvalue weighted by Crippen LogP contribution is 2.38. The van der Waals surface area contributed by atoms with Crippen molar-refractivity contribution < 1.29 is 4.52 Å². The van der Waals surface area contributed by atoms with Gasteiger partial charge in [0.05, 0.1) is 24.1 Å². The molecule has 1 aliphatic heterocycles. The molecule has 0 aromatic carbocycles. The van der Waals surface area contributed by atoms with Crippen molar-refractivity contribution in [3.05, 3.63) is 11.7 Å². The second kappa shape index (κ2) is 7.74. The number of piperazine rings is 1. The molecule has 2 heterocycles. The van der Waals surface area contributed by atoms with Crippen LogP contribution in [0.1, 0.15) is 56.3 Å². The second-order valence-corrected chi connectivity index (χ2v) is 6.80. The smallest absolute Gasteiger partial charge is 0.243 e. The lowest BCUT2D eigenvalue weighted by molar-refractivity contribution is 0.0828. The van der Waals surface area contributed by atoms with Gasteiger partial charge >= 0.3 is 0 Å². The normalized spacial score (nSPS) is 21.8. The summed E-state index contributed by atoms with van der Waals surface area (Å²) in [6, 6.07) is 4.58. The Morgan fingerprint density at radius 3 is 2.62 bits per heavy atom. The highest BCUT2D eigenvalue weighted by atomic mass is 16.5. The Hall–Kier alpha value is -1.96. The van der Waals surface area contributed by atoms with Crippen molar-refractivity contribution in [2.24, 2.45) is 5.92 Å². The maximum Gasteiger partial charge on any atom is 0.243 e. The zero-order valence-electron chi connectivity index (χ0n) is 14.2. The number of nitrogens with zero attached hydrogens (tertiary/aromatic N) is 6. The lowest BCUT2D eigenvalue weighted by atomic mass is 10.0. The number of hydrogen-bond donors (Lipinski definition) is 0. The molecule has 2 aliphatic rings. The van der Waals surface area contributed by atoms with Crippen molar-refractivity contribution in [1.82, 2.24) is 19.9 Å². The minimum absolute atomic E-state index is 0.0503. The summed E-state index contributed by atoms with van der Waals surface area (Å²) in [5.74, 6) is 2.05. The molecule has 0 N–H and O–H groups in total. The summed E-state index contributed by atoms with van der Waals surface area (Å²) in [6.07, 6.45) is 3.47. The lowest BCUT2D eigenvalue weighted by Crippen LogP contribution is -2.48. The number of nitriles is 2. The quantitative estimate of drug-likeness (QED) is 0.756. The molecule has 1 aliphatic carbocycles. The van der Waals surface area contributed by atoms with Crippen LogP contribution < -0.4 is 0 Å². The van der Waals surface area contributed by atoms with Gasteiger partial charge in [-0.15, -0.1) is 0 Å². The van der Waals surface area contributed by atoms with Crippen LogP contribution in [0.2, 0.25) is 0 Å². The third-order valence-electron chi connectivity index (χ3n) is 4.98. The summed E-state index contributed by atoms with van der Waals surface area (Å²) in [5, 5.41) is 22.0. The van der Waals surface area contributed by atoms with Crippen LogP contribution >= 0.6 is 0 Å². The van der Waals surface area contributed by atoms with E-state index in [-0.39, 0.29) is 12.0 Å². The van der Waals surface area contributed by atoms with Crippen LogP contribution in [0.5, 0.6) is 0 Å². The van der Waals surface area contributed by atoms with Gasteiger partial charge in [-0.1, -0.05) is 5.16 Å².